The molecule has 0 fully saturated rings. The summed E-state index contributed by atoms with van der Waals surface area (Å²) >= 11 is 0. The number of esters is 1. The summed E-state index contributed by atoms with van der Waals surface area (Å²) in [4.78, 5) is 25.0. The zero-order valence-electron chi connectivity index (χ0n) is 21.4. The number of ether oxygens (including phenoxy) is 4. The lowest BCUT2D eigenvalue weighted by molar-refractivity contribution is 0.0728. The number of carbonyl (C=O) groups excluding carboxylic acids is 2. The molecule has 0 aliphatic heterocycles. The first-order valence-corrected chi connectivity index (χ1v) is 12.3. The first kappa shape index (κ1) is 27.3. The Balaban J connectivity index is 1.61. The van der Waals surface area contributed by atoms with Crippen LogP contribution >= 0.6 is 0 Å². The van der Waals surface area contributed by atoms with E-state index in [1.165, 1.54) is 6.21 Å². The molecule has 0 radical (unpaired) electrons. The van der Waals surface area contributed by atoms with Crippen LogP contribution < -0.4 is 24.4 Å². The van der Waals surface area contributed by atoms with Crippen LogP contribution in [0.5, 0.6) is 23.0 Å². The van der Waals surface area contributed by atoms with Crippen LogP contribution in [-0.2, 0) is 0 Å². The van der Waals surface area contributed by atoms with Gasteiger partial charge in [-0.15, -0.1) is 0 Å². The molecule has 0 aliphatic rings. The van der Waals surface area contributed by atoms with Gasteiger partial charge in [0.2, 0.25) is 0 Å². The molecule has 0 heterocycles. The van der Waals surface area contributed by atoms with Crippen molar-refractivity contribution in [2.24, 2.45) is 5.10 Å². The number of unbranched alkanes of at least 4 members (excludes halogenated alkanes) is 1. The van der Waals surface area contributed by atoms with Crippen molar-refractivity contribution in [3.05, 3.63) is 83.4 Å². The van der Waals surface area contributed by atoms with Crippen LogP contribution in [0.15, 0.2) is 71.8 Å². The second kappa shape index (κ2) is 14.3. The van der Waals surface area contributed by atoms with Gasteiger partial charge in [0, 0.05) is 5.56 Å². The SMILES string of the molecule is CCCCOc1ccc(C(=O)NN=Cc2ccc(OC(=O)c3ccc(OCC)cc3)c(OCC)c2)cc1. The largest absolute Gasteiger partial charge is 0.494 e. The topological polar surface area (TPSA) is 95.5 Å². The lowest BCUT2D eigenvalue weighted by Gasteiger charge is -2.11. The third-order valence-electron chi connectivity index (χ3n) is 5.13. The van der Waals surface area contributed by atoms with Gasteiger partial charge in [0.05, 0.1) is 31.6 Å². The first-order chi connectivity index (χ1) is 18.0. The van der Waals surface area contributed by atoms with Gasteiger partial charge in [-0.3, -0.25) is 4.79 Å². The van der Waals surface area contributed by atoms with Crippen LogP contribution in [0.4, 0.5) is 0 Å². The molecule has 0 atom stereocenters. The predicted molar refractivity (Wildman–Crippen MR) is 142 cm³/mol. The maximum atomic E-state index is 12.6. The molecular weight excluding hydrogens is 472 g/mol. The average Bonchev–Trinajstić information content (AvgIpc) is 2.91. The molecule has 1 N–H and O–H groups in total. The molecule has 3 aromatic carbocycles. The monoisotopic (exact) mass is 504 g/mol. The van der Waals surface area contributed by atoms with E-state index in [0.717, 1.165) is 18.6 Å². The summed E-state index contributed by atoms with van der Waals surface area (Å²) < 4.78 is 22.2. The molecule has 0 saturated heterocycles. The van der Waals surface area contributed by atoms with Crippen LogP contribution in [0.2, 0.25) is 0 Å². The molecule has 0 saturated carbocycles. The predicted octanol–water partition coefficient (Wildman–Crippen LogP) is 5.65. The summed E-state index contributed by atoms with van der Waals surface area (Å²) in [5.41, 5.74) is 4.02. The van der Waals surface area contributed by atoms with Gasteiger partial charge in [0.1, 0.15) is 11.5 Å². The molecule has 0 unspecified atom stereocenters. The number of amides is 1. The number of benzene rings is 3. The van der Waals surface area contributed by atoms with Crippen LogP contribution in [0.25, 0.3) is 0 Å². The summed E-state index contributed by atoms with van der Waals surface area (Å²) in [6, 6.07) is 18.6. The van der Waals surface area contributed by atoms with Gasteiger partial charge in [-0.05, 0) is 92.6 Å². The first-order valence-electron chi connectivity index (χ1n) is 12.3. The Kier molecular flexibility index (Phi) is 10.5. The molecule has 3 aromatic rings. The minimum absolute atomic E-state index is 0.281. The number of hydrogen-bond donors (Lipinski definition) is 1. The van der Waals surface area contributed by atoms with E-state index < -0.39 is 5.97 Å². The zero-order chi connectivity index (χ0) is 26.5. The summed E-state index contributed by atoms with van der Waals surface area (Å²) in [6.07, 6.45) is 3.52. The van der Waals surface area contributed by atoms with Gasteiger partial charge in [-0.1, -0.05) is 13.3 Å². The number of nitrogens with one attached hydrogen (secondary N) is 1. The molecule has 0 bridgehead atoms. The Morgan fingerprint density at radius 2 is 1.43 bits per heavy atom. The normalized spacial score (nSPS) is 10.7. The standard InChI is InChI=1S/C29H32N2O6/c1-4-7-18-36-25-13-9-22(10-14-25)28(32)31-30-20-21-8-17-26(27(19-21)35-6-3)37-29(33)23-11-15-24(16-12-23)34-5-2/h8-17,19-20H,4-7,18H2,1-3H3,(H,31,32). The van der Waals surface area contributed by atoms with E-state index in [-0.39, 0.29) is 11.7 Å². The fourth-order valence-corrected chi connectivity index (χ4v) is 3.24. The Morgan fingerprint density at radius 3 is 2.08 bits per heavy atom. The number of hydrogen-bond acceptors (Lipinski definition) is 7. The van der Waals surface area contributed by atoms with Crippen LogP contribution in [0.1, 0.15) is 59.9 Å². The van der Waals surface area contributed by atoms with Crippen molar-refractivity contribution >= 4 is 18.1 Å². The van der Waals surface area contributed by atoms with Gasteiger partial charge in [0.25, 0.3) is 5.91 Å². The van der Waals surface area contributed by atoms with Crippen molar-refractivity contribution < 1.29 is 28.5 Å². The summed E-state index contributed by atoms with van der Waals surface area (Å²) in [7, 11) is 0. The summed E-state index contributed by atoms with van der Waals surface area (Å²) in [5, 5.41) is 4.03. The summed E-state index contributed by atoms with van der Waals surface area (Å²) in [5.74, 6) is 1.21. The van der Waals surface area contributed by atoms with Crippen LogP contribution in [0, 0.1) is 0 Å². The summed E-state index contributed by atoms with van der Waals surface area (Å²) in [6.45, 7) is 7.40. The van der Waals surface area contributed by atoms with E-state index in [0.29, 0.717) is 48.0 Å². The minimum Gasteiger partial charge on any atom is -0.494 e. The highest BCUT2D eigenvalue weighted by molar-refractivity contribution is 5.95. The van der Waals surface area contributed by atoms with E-state index in [9.17, 15) is 9.59 Å². The van der Waals surface area contributed by atoms with Crippen molar-refractivity contribution in [2.45, 2.75) is 33.6 Å². The Bertz CT molecular complexity index is 1190. The van der Waals surface area contributed by atoms with Gasteiger partial charge in [-0.2, -0.15) is 5.10 Å². The smallest absolute Gasteiger partial charge is 0.343 e. The number of rotatable bonds is 13. The molecule has 8 heteroatoms. The number of carbonyl (C=O) groups is 2. The second-order valence-corrected chi connectivity index (χ2v) is 7.91. The molecule has 37 heavy (non-hydrogen) atoms. The van der Waals surface area contributed by atoms with Gasteiger partial charge in [0.15, 0.2) is 11.5 Å². The average molecular weight is 505 g/mol. The molecular formula is C29H32N2O6. The van der Waals surface area contributed by atoms with E-state index >= 15 is 0 Å². The molecule has 0 spiro atoms. The van der Waals surface area contributed by atoms with Crippen molar-refractivity contribution in [3.63, 3.8) is 0 Å². The van der Waals surface area contributed by atoms with Crippen molar-refractivity contribution in [3.8, 4) is 23.0 Å². The molecule has 3 rings (SSSR count). The van der Waals surface area contributed by atoms with E-state index in [1.54, 1.807) is 66.7 Å². The molecule has 1 amide bonds. The lowest BCUT2D eigenvalue weighted by Crippen LogP contribution is -2.17. The van der Waals surface area contributed by atoms with E-state index in [4.69, 9.17) is 18.9 Å². The maximum Gasteiger partial charge on any atom is 0.343 e. The third-order valence-corrected chi connectivity index (χ3v) is 5.13. The van der Waals surface area contributed by atoms with Gasteiger partial charge in [-0.25, -0.2) is 10.2 Å². The van der Waals surface area contributed by atoms with Crippen molar-refractivity contribution in [1.29, 1.82) is 0 Å². The number of hydrazone groups is 1. The van der Waals surface area contributed by atoms with Gasteiger partial charge >= 0.3 is 5.97 Å². The highest BCUT2D eigenvalue weighted by Crippen LogP contribution is 2.29. The Morgan fingerprint density at radius 1 is 0.784 bits per heavy atom. The minimum atomic E-state index is -0.514. The highest BCUT2D eigenvalue weighted by atomic mass is 16.6. The molecule has 0 aromatic heterocycles. The lowest BCUT2D eigenvalue weighted by atomic mass is 10.2. The van der Waals surface area contributed by atoms with Crippen molar-refractivity contribution in [1.82, 2.24) is 5.43 Å². The molecule has 194 valence electrons. The van der Waals surface area contributed by atoms with E-state index in [1.807, 2.05) is 13.8 Å². The fraction of sp³-hybridized carbons (Fsp3) is 0.276. The molecule has 0 aliphatic carbocycles. The van der Waals surface area contributed by atoms with E-state index in [2.05, 4.69) is 17.5 Å². The fourth-order valence-electron chi connectivity index (χ4n) is 3.24. The molecule has 8 nitrogen and oxygen atoms in total. The quantitative estimate of drug-likeness (QED) is 0.106. The third kappa shape index (κ3) is 8.38. The van der Waals surface area contributed by atoms with Crippen molar-refractivity contribution in [2.75, 3.05) is 19.8 Å². The van der Waals surface area contributed by atoms with Crippen LogP contribution in [-0.4, -0.2) is 37.9 Å². The Hall–Kier alpha value is -4.33. The maximum absolute atomic E-state index is 12.6. The Labute approximate surface area is 217 Å². The zero-order valence-corrected chi connectivity index (χ0v) is 21.4. The highest BCUT2D eigenvalue weighted by Gasteiger charge is 2.14. The number of nitrogens with zero attached hydrogens (tertiary/aromatic N) is 1. The van der Waals surface area contributed by atoms with Crippen LogP contribution in [0.3, 0.4) is 0 Å². The van der Waals surface area contributed by atoms with Gasteiger partial charge < -0.3 is 18.9 Å². The second-order valence-electron chi connectivity index (χ2n) is 7.91.